The SMILES string of the molecule is NCCCCc1ccc(OC2COC2)c(Cl)c1. The minimum absolute atomic E-state index is 0.163. The zero-order valence-electron chi connectivity index (χ0n) is 9.82. The molecule has 0 amide bonds. The maximum absolute atomic E-state index is 6.18. The molecule has 0 spiro atoms. The van der Waals surface area contributed by atoms with Crippen molar-refractivity contribution in [2.24, 2.45) is 5.73 Å². The van der Waals surface area contributed by atoms with Crippen molar-refractivity contribution in [3.63, 3.8) is 0 Å². The smallest absolute Gasteiger partial charge is 0.145 e. The second-order valence-corrected chi connectivity index (χ2v) is 4.70. The second-order valence-electron chi connectivity index (χ2n) is 4.29. The molecule has 0 aromatic heterocycles. The lowest BCUT2D eigenvalue weighted by Gasteiger charge is -2.27. The van der Waals surface area contributed by atoms with Crippen molar-refractivity contribution >= 4 is 11.6 Å². The van der Waals surface area contributed by atoms with Gasteiger partial charge in [0.15, 0.2) is 0 Å². The Morgan fingerprint density at radius 3 is 2.76 bits per heavy atom. The van der Waals surface area contributed by atoms with Crippen molar-refractivity contribution in [3.8, 4) is 5.75 Å². The first-order chi connectivity index (χ1) is 8.29. The number of hydrogen-bond acceptors (Lipinski definition) is 3. The Labute approximate surface area is 107 Å². The van der Waals surface area contributed by atoms with Gasteiger partial charge in [-0.15, -0.1) is 0 Å². The van der Waals surface area contributed by atoms with E-state index < -0.39 is 0 Å². The highest BCUT2D eigenvalue weighted by Crippen LogP contribution is 2.28. The van der Waals surface area contributed by atoms with Gasteiger partial charge in [0.1, 0.15) is 11.9 Å². The van der Waals surface area contributed by atoms with Gasteiger partial charge in [0.25, 0.3) is 0 Å². The summed E-state index contributed by atoms with van der Waals surface area (Å²) in [5, 5.41) is 0.683. The molecule has 17 heavy (non-hydrogen) atoms. The predicted molar refractivity (Wildman–Crippen MR) is 68.7 cm³/mol. The average Bonchev–Trinajstić information content (AvgIpc) is 2.26. The van der Waals surface area contributed by atoms with Crippen LogP contribution in [0.15, 0.2) is 18.2 Å². The molecule has 0 radical (unpaired) electrons. The van der Waals surface area contributed by atoms with Gasteiger partial charge in [-0.05, 0) is 43.5 Å². The molecule has 1 fully saturated rings. The van der Waals surface area contributed by atoms with Gasteiger partial charge >= 0.3 is 0 Å². The molecule has 0 saturated carbocycles. The van der Waals surface area contributed by atoms with E-state index in [0.29, 0.717) is 18.2 Å². The fraction of sp³-hybridized carbons (Fsp3) is 0.538. The first kappa shape index (κ1) is 12.7. The van der Waals surface area contributed by atoms with E-state index in [0.717, 1.165) is 31.6 Å². The third-order valence-electron chi connectivity index (χ3n) is 2.82. The number of halogens is 1. The van der Waals surface area contributed by atoms with Gasteiger partial charge in [-0.2, -0.15) is 0 Å². The molecule has 0 atom stereocenters. The topological polar surface area (TPSA) is 44.5 Å². The van der Waals surface area contributed by atoms with E-state index >= 15 is 0 Å². The highest BCUT2D eigenvalue weighted by molar-refractivity contribution is 6.32. The summed E-state index contributed by atoms with van der Waals surface area (Å²) in [5.41, 5.74) is 6.70. The van der Waals surface area contributed by atoms with Crippen molar-refractivity contribution in [2.75, 3.05) is 19.8 Å². The molecular formula is C13H18ClNO2. The fourth-order valence-electron chi connectivity index (χ4n) is 1.73. The lowest BCUT2D eigenvalue weighted by Crippen LogP contribution is -2.38. The summed E-state index contributed by atoms with van der Waals surface area (Å²) in [4.78, 5) is 0. The van der Waals surface area contributed by atoms with Gasteiger partial charge < -0.3 is 15.2 Å². The lowest BCUT2D eigenvalue weighted by molar-refractivity contribution is -0.0796. The molecule has 0 bridgehead atoms. The van der Waals surface area contributed by atoms with Crippen molar-refractivity contribution in [1.82, 2.24) is 0 Å². The number of nitrogens with two attached hydrogens (primary N) is 1. The molecule has 1 saturated heterocycles. The molecule has 94 valence electrons. The molecule has 1 heterocycles. The van der Waals surface area contributed by atoms with Crippen molar-refractivity contribution in [1.29, 1.82) is 0 Å². The summed E-state index contributed by atoms with van der Waals surface area (Å²) in [6.07, 6.45) is 3.33. The van der Waals surface area contributed by atoms with Crippen LogP contribution in [-0.4, -0.2) is 25.9 Å². The zero-order chi connectivity index (χ0) is 12.1. The van der Waals surface area contributed by atoms with Gasteiger partial charge in [0.05, 0.1) is 18.2 Å². The third kappa shape index (κ3) is 3.60. The predicted octanol–water partition coefficient (Wildman–Crippen LogP) is 2.40. The summed E-state index contributed by atoms with van der Waals surface area (Å²) >= 11 is 6.18. The van der Waals surface area contributed by atoms with Crippen LogP contribution in [0.25, 0.3) is 0 Å². The van der Waals surface area contributed by atoms with Crippen LogP contribution < -0.4 is 10.5 Å². The Kier molecular flexibility index (Phi) is 4.66. The first-order valence-corrected chi connectivity index (χ1v) is 6.40. The van der Waals surface area contributed by atoms with Gasteiger partial charge in [-0.3, -0.25) is 0 Å². The zero-order valence-corrected chi connectivity index (χ0v) is 10.6. The van der Waals surface area contributed by atoms with E-state index in [1.165, 1.54) is 5.56 Å². The van der Waals surface area contributed by atoms with Crippen molar-refractivity contribution < 1.29 is 9.47 Å². The summed E-state index contributed by atoms with van der Waals surface area (Å²) < 4.78 is 10.7. The number of ether oxygens (including phenoxy) is 2. The number of hydrogen-bond donors (Lipinski definition) is 1. The van der Waals surface area contributed by atoms with Gasteiger partial charge in [0.2, 0.25) is 0 Å². The maximum Gasteiger partial charge on any atom is 0.145 e. The molecule has 4 heteroatoms. The van der Waals surface area contributed by atoms with E-state index in [-0.39, 0.29) is 6.10 Å². The monoisotopic (exact) mass is 255 g/mol. The lowest BCUT2D eigenvalue weighted by atomic mass is 10.1. The van der Waals surface area contributed by atoms with E-state index in [9.17, 15) is 0 Å². The Morgan fingerprint density at radius 1 is 1.35 bits per heavy atom. The van der Waals surface area contributed by atoms with Crippen LogP contribution in [-0.2, 0) is 11.2 Å². The largest absolute Gasteiger partial charge is 0.484 e. The Balaban J connectivity index is 1.90. The van der Waals surface area contributed by atoms with Gasteiger partial charge in [0, 0.05) is 0 Å². The number of rotatable bonds is 6. The quantitative estimate of drug-likeness (QED) is 0.794. The molecule has 3 nitrogen and oxygen atoms in total. The molecule has 1 aliphatic rings. The third-order valence-corrected chi connectivity index (χ3v) is 3.11. The van der Waals surface area contributed by atoms with Crippen molar-refractivity contribution in [3.05, 3.63) is 28.8 Å². The Morgan fingerprint density at radius 2 is 2.18 bits per heavy atom. The molecule has 2 rings (SSSR count). The highest BCUT2D eigenvalue weighted by Gasteiger charge is 2.21. The van der Waals surface area contributed by atoms with E-state index in [1.54, 1.807) is 0 Å². The minimum atomic E-state index is 0.163. The molecule has 0 unspecified atom stereocenters. The van der Waals surface area contributed by atoms with E-state index in [1.807, 2.05) is 12.1 Å². The molecule has 1 aliphatic heterocycles. The summed E-state index contributed by atoms with van der Waals surface area (Å²) in [6.45, 7) is 2.07. The van der Waals surface area contributed by atoms with E-state index in [4.69, 9.17) is 26.8 Å². The standard InChI is InChI=1S/C13H18ClNO2/c14-12-7-10(3-1-2-6-15)4-5-13(12)17-11-8-16-9-11/h4-5,7,11H,1-3,6,8-9,15H2. The van der Waals surface area contributed by atoms with Crippen LogP contribution in [0.5, 0.6) is 5.75 Å². The van der Waals surface area contributed by atoms with Crippen LogP contribution in [0.2, 0.25) is 5.02 Å². The summed E-state index contributed by atoms with van der Waals surface area (Å²) in [5.74, 6) is 0.752. The highest BCUT2D eigenvalue weighted by atomic mass is 35.5. The molecule has 1 aromatic rings. The van der Waals surface area contributed by atoms with Gasteiger partial charge in [-0.1, -0.05) is 17.7 Å². The van der Waals surface area contributed by atoms with Crippen LogP contribution in [0.1, 0.15) is 18.4 Å². The summed E-state index contributed by atoms with van der Waals surface area (Å²) in [6, 6.07) is 5.99. The van der Waals surface area contributed by atoms with Crippen LogP contribution in [0.4, 0.5) is 0 Å². The van der Waals surface area contributed by atoms with Crippen LogP contribution in [0.3, 0.4) is 0 Å². The molecular weight excluding hydrogens is 238 g/mol. The summed E-state index contributed by atoms with van der Waals surface area (Å²) in [7, 11) is 0. The second kappa shape index (κ2) is 6.24. The van der Waals surface area contributed by atoms with E-state index in [2.05, 4.69) is 6.07 Å². The average molecular weight is 256 g/mol. The number of benzene rings is 1. The molecule has 0 aliphatic carbocycles. The minimum Gasteiger partial charge on any atom is -0.484 e. The fourth-order valence-corrected chi connectivity index (χ4v) is 1.98. The first-order valence-electron chi connectivity index (χ1n) is 6.02. The molecule has 2 N–H and O–H groups in total. The number of aryl methyl sites for hydroxylation is 1. The normalized spacial score (nSPS) is 15.6. The van der Waals surface area contributed by atoms with Crippen LogP contribution in [0, 0.1) is 0 Å². The van der Waals surface area contributed by atoms with Gasteiger partial charge in [-0.25, -0.2) is 0 Å². The molecule has 1 aromatic carbocycles. The Bertz CT molecular complexity index is 366. The van der Waals surface area contributed by atoms with Crippen LogP contribution >= 0.6 is 11.6 Å². The number of unbranched alkanes of at least 4 members (excludes halogenated alkanes) is 1. The Hall–Kier alpha value is -0.770. The van der Waals surface area contributed by atoms with Crippen molar-refractivity contribution in [2.45, 2.75) is 25.4 Å². The maximum atomic E-state index is 6.18.